The van der Waals surface area contributed by atoms with Gasteiger partial charge in [-0.15, -0.1) is 24.8 Å². The van der Waals surface area contributed by atoms with Crippen molar-refractivity contribution in [3.8, 4) is 0 Å². The van der Waals surface area contributed by atoms with Crippen molar-refractivity contribution in [2.45, 2.75) is 19.1 Å². The van der Waals surface area contributed by atoms with Gasteiger partial charge in [-0.25, -0.2) is 0 Å². The average Bonchev–Trinajstić information content (AvgIpc) is 2.64. The van der Waals surface area contributed by atoms with Gasteiger partial charge in [0.1, 0.15) is 0 Å². The summed E-state index contributed by atoms with van der Waals surface area (Å²) < 4.78 is 5.79. The Bertz CT molecular complexity index is 530. The third-order valence-electron chi connectivity index (χ3n) is 4.84. The average molecular weight is 419 g/mol. The predicted octanol–water partition coefficient (Wildman–Crippen LogP) is 1.14. The van der Waals surface area contributed by atoms with Gasteiger partial charge in [0.05, 0.1) is 19.1 Å². The van der Waals surface area contributed by atoms with E-state index in [4.69, 9.17) is 4.74 Å². The van der Waals surface area contributed by atoms with Crippen LogP contribution in [0, 0.1) is 0 Å². The van der Waals surface area contributed by atoms with Gasteiger partial charge in [-0.05, 0) is 5.56 Å². The van der Waals surface area contributed by atoms with E-state index in [0.717, 1.165) is 58.9 Å². The standard InChI is InChI=1S/C19H30N4O2.2ClH/c24-19(21-8-11-22-9-6-20-7-10-22)14-18-16-23(12-13-25-18)15-17-4-2-1-3-5-17;;/h1-5,18,20H,6-16H2,(H,21,24);2*1H. The largest absolute Gasteiger partial charge is 0.375 e. The van der Waals surface area contributed by atoms with E-state index in [0.29, 0.717) is 13.0 Å². The molecule has 2 fully saturated rings. The molecule has 27 heavy (non-hydrogen) atoms. The smallest absolute Gasteiger partial charge is 0.222 e. The van der Waals surface area contributed by atoms with Crippen LogP contribution in [-0.4, -0.2) is 80.8 Å². The number of hydrogen-bond donors (Lipinski definition) is 2. The maximum atomic E-state index is 12.2. The zero-order chi connectivity index (χ0) is 17.3. The number of carbonyl (C=O) groups excluding carboxylic acids is 1. The van der Waals surface area contributed by atoms with Gasteiger partial charge in [-0.1, -0.05) is 30.3 Å². The van der Waals surface area contributed by atoms with Gasteiger partial charge in [0, 0.05) is 58.9 Å². The van der Waals surface area contributed by atoms with Gasteiger partial charge in [-0.2, -0.15) is 0 Å². The Labute approximate surface area is 174 Å². The Hall–Kier alpha value is -0.890. The molecule has 0 aliphatic carbocycles. The molecule has 1 aromatic rings. The van der Waals surface area contributed by atoms with Crippen molar-refractivity contribution in [1.29, 1.82) is 0 Å². The molecule has 0 aromatic heterocycles. The molecule has 2 N–H and O–H groups in total. The van der Waals surface area contributed by atoms with Crippen molar-refractivity contribution in [3.63, 3.8) is 0 Å². The van der Waals surface area contributed by atoms with Crippen LogP contribution < -0.4 is 10.6 Å². The first-order valence-electron chi connectivity index (χ1n) is 9.37. The number of morpholine rings is 1. The van der Waals surface area contributed by atoms with E-state index < -0.39 is 0 Å². The van der Waals surface area contributed by atoms with Gasteiger partial charge in [0.15, 0.2) is 0 Å². The second-order valence-electron chi connectivity index (χ2n) is 6.86. The molecule has 3 rings (SSSR count). The van der Waals surface area contributed by atoms with E-state index in [2.05, 4.69) is 44.7 Å². The summed E-state index contributed by atoms with van der Waals surface area (Å²) in [5.74, 6) is 0.0988. The molecule has 6 nitrogen and oxygen atoms in total. The SMILES string of the molecule is Cl.Cl.O=C(CC1CN(Cc2ccccc2)CCO1)NCCN1CCNCC1. The number of nitrogens with one attached hydrogen (secondary N) is 2. The lowest BCUT2D eigenvalue weighted by molar-refractivity contribution is -0.126. The van der Waals surface area contributed by atoms with Crippen LogP contribution in [0.2, 0.25) is 0 Å². The fraction of sp³-hybridized carbons (Fsp3) is 0.632. The monoisotopic (exact) mass is 418 g/mol. The summed E-state index contributed by atoms with van der Waals surface area (Å²) in [4.78, 5) is 16.9. The van der Waals surface area contributed by atoms with Crippen molar-refractivity contribution in [2.75, 3.05) is 59.0 Å². The Kier molecular flexibility index (Phi) is 11.9. The van der Waals surface area contributed by atoms with Crippen LogP contribution in [0.15, 0.2) is 30.3 Å². The lowest BCUT2D eigenvalue weighted by atomic mass is 10.1. The van der Waals surface area contributed by atoms with Crippen molar-refractivity contribution in [1.82, 2.24) is 20.4 Å². The lowest BCUT2D eigenvalue weighted by Gasteiger charge is -2.32. The molecule has 2 heterocycles. The summed E-state index contributed by atoms with van der Waals surface area (Å²) in [5, 5.41) is 6.38. The molecule has 0 saturated carbocycles. The summed E-state index contributed by atoms with van der Waals surface area (Å²) in [6.45, 7) is 9.24. The second kappa shape index (κ2) is 13.3. The van der Waals surface area contributed by atoms with E-state index >= 15 is 0 Å². The van der Waals surface area contributed by atoms with Crippen LogP contribution in [-0.2, 0) is 16.1 Å². The molecule has 1 atom stereocenters. The highest BCUT2D eigenvalue weighted by Crippen LogP contribution is 2.12. The molecule has 8 heteroatoms. The summed E-state index contributed by atoms with van der Waals surface area (Å²) >= 11 is 0. The highest BCUT2D eigenvalue weighted by Gasteiger charge is 2.23. The maximum Gasteiger partial charge on any atom is 0.222 e. The molecule has 0 radical (unpaired) electrons. The number of halogens is 2. The fourth-order valence-electron chi connectivity index (χ4n) is 3.46. The summed E-state index contributed by atoms with van der Waals surface area (Å²) in [6, 6.07) is 10.5. The van der Waals surface area contributed by atoms with Crippen LogP contribution in [0.4, 0.5) is 0 Å². The van der Waals surface area contributed by atoms with Crippen molar-refractivity contribution >= 4 is 30.7 Å². The van der Waals surface area contributed by atoms with Crippen molar-refractivity contribution < 1.29 is 9.53 Å². The minimum atomic E-state index is -0.00310. The first-order chi connectivity index (χ1) is 12.3. The molecular weight excluding hydrogens is 387 g/mol. The normalized spacial score (nSPS) is 21.0. The van der Waals surface area contributed by atoms with Crippen LogP contribution in [0.1, 0.15) is 12.0 Å². The first kappa shape index (κ1) is 24.1. The number of rotatable bonds is 7. The van der Waals surface area contributed by atoms with E-state index in [-0.39, 0.29) is 36.8 Å². The summed E-state index contributed by atoms with van der Waals surface area (Å²) in [7, 11) is 0. The van der Waals surface area contributed by atoms with Crippen molar-refractivity contribution in [3.05, 3.63) is 35.9 Å². The topological polar surface area (TPSA) is 56.8 Å². The van der Waals surface area contributed by atoms with Crippen LogP contribution in [0.25, 0.3) is 0 Å². The zero-order valence-corrected chi connectivity index (χ0v) is 17.4. The fourth-order valence-corrected chi connectivity index (χ4v) is 3.46. The zero-order valence-electron chi connectivity index (χ0n) is 15.8. The van der Waals surface area contributed by atoms with E-state index in [1.54, 1.807) is 0 Å². The molecule has 0 bridgehead atoms. The van der Waals surface area contributed by atoms with Gasteiger partial charge in [-0.3, -0.25) is 14.6 Å². The molecule has 1 amide bonds. The second-order valence-corrected chi connectivity index (χ2v) is 6.86. The maximum absolute atomic E-state index is 12.2. The molecule has 2 aliphatic heterocycles. The molecule has 1 aromatic carbocycles. The number of amides is 1. The van der Waals surface area contributed by atoms with E-state index in [1.807, 2.05) is 6.07 Å². The molecule has 0 spiro atoms. The van der Waals surface area contributed by atoms with Crippen LogP contribution in [0.5, 0.6) is 0 Å². The number of hydrogen-bond acceptors (Lipinski definition) is 5. The Balaban J connectivity index is 0.00000182. The minimum absolute atomic E-state index is 0. The number of ether oxygens (including phenoxy) is 1. The molecule has 1 unspecified atom stereocenters. The van der Waals surface area contributed by atoms with Crippen molar-refractivity contribution in [2.24, 2.45) is 0 Å². The van der Waals surface area contributed by atoms with E-state index in [1.165, 1.54) is 5.56 Å². The minimum Gasteiger partial charge on any atom is -0.375 e. The van der Waals surface area contributed by atoms with Gasteiger partial charge >= 0.3 is 0 Å². The van der Waals surface area contributed by atoms with Crippen LogP contribution >= 0.6 is 24.8 Å². The number of piperazine rings is 1. The lowest BCUT2D eigenvalue weighted by Crippen LogP contribution is -2.47. The highest BCUT2D eigenvalue weighted by atomic mass is 35.5. The quantitative estimate of drug-likeness (QED) is 0.695. The first-order valence-corrected chi connectivity index (χ1v) is 9.37. The summed E-state index contributed by atoms with van der Waals surface area (Å²) in [5.41, 5.74) is 1.31. The highest BCUT2D eigenvalue weighted by molar-refractivity contribution is 5.85. The van der Waals surface area contributed by atoms with Gasteiger partial charge < -0.3 is 15.4 Å². The molecule has 2 aliphatic rings. The summed E-state index contributed by atoms with van der Waals surface area (Å²) in [6.07, 6.45) is 0.448. The molecular formula is C19H32Cl2N4O2. The molecule has 2 saturated heterocycles. The number of nitrogens with zero attached hydrogens (tertiary/aromatic N) is 2. The van der Waals surface area contributed by atoms with Crippen LogP contribution in [0.3, 0.4) is 0 Å². The number of benzene rings is 1. The third kappa shape index (κ3) is 8.77. The Morgan fingerprint density at radius 3 is 2.59 bits per heavy atom. The van der Waals surface area contributed by atoms with Gasteiger partial charge in [0.2, 0.25) is 5.91 Å². The predicted molar refractivity (Wildman–Crippen MR) is 113 cm³/mol. The van der Waals surface area contributed by atoms with E-state index in [9.17, 15) is 4.79 Å². The van der Waals surface area contributed by atoms with Gasteiger partial charge in [0.25, 0.3) is 0 Å². The Morgan fingerprint density at radius 2 is 1.85 bits per heavy atom. The molecule has 154 valence electrons. The number of carbonyl (C=O) groups is 1. The Morgan fingerprint density at radius 1 is 1.11 bits per heavy atom. The third-order valence-corrected chi connectivity index (χ3v) is 4.84.